The van der Waals surface area contributed by atoms with Gasteiger partial charge in [0.1, 0.15) is 0 Å². The van der Waals surface area contributed by atoms with Crippen molar-refractivity contribution in [2.75, 3.05) is 0 Å². The SMILES string of the molecule is CC(C)c1ccc(CC(=O)NC(C)c2ccc(-n3cccc3)cn2)cc1. The van der Waals surface area contributed by atoms with Crippen LogP contribution in [-0.4, -0.2) is 15.5 Å². The van der Waals surface area contributed by atoms with Crippen LogP contribution >= 0.6 is 0 Å². The molecule has 3 rings (SSSR count). The molecular formula is C22H25N3O. The van der Waals surface area contributed by atoms with E-state index in [0.717, 1.165) is 16.9 Å². The lowest BCUT2D eigenvalue weighted by atomic mass is 10.0. The van der Waals surface area contributed by atoms with E-state index in [2.05, 4.69) is 36.3 Å². The van der Waals surface area contributed by atoms with Gasteiger partial charge in [-0.2, -0.15) is 0 Å². The van der Waals surface area contributed by atoms with Crippen LogP contribution in [0, 0.1) is 0 Å². The highest BCUT2D eigenvalue weighted by Gasteiger charge is 2.12. The van der Waals surface area contributed by atoms with Crippen LogP contribution in [0.5, 0.6) is 0 Å². The summed E-state index contributed by atoms with van der Waals surface area (Å²) in [5, 5.41) is 3.03. The van der Waals surface area contributed by atoms with E-state index in [4.69, 9.17) is 0 Å². The average Bonchev–Trinajstić information content (AvgIpc) is 3.17. The van der Waals surface area contributed by atoms with E-state index < -0.39 is 0 Å². The Morgan fingerprint density at radius 2 is 1.73 bits per heavy atom. The second kappa shape index (κ2) is 8.00. The molecule has 0 saturated heterocycles. The van der Waals surface area contributed by atoms with Gasteiger partial charge in [0.15, 0.2) is 0 Å². The molecule has 1 N–H and O–H groups in total. The first kappa shape index (κ1) is 17.9. The summed E-state index contributed by atoms with van der Waals surface area (Å²) in [6.45, 7) is 6.29. The van der Waals surface area contributed by atoms with E-state index in [1.165, 1.54) is 5.56 Å². The lowest BCUT2D eigenvalue weighted by Gasteiger charge is -2.14. The first-order chi connectivity index (χ1) is 12.5. The van der Waals surface area contributed by atoms with Gasteiger partial charge in [0.05, 0.1) is 30.0 Å². The molecule has 0 aliphatic rings. The lowest BCUT2D eigenvalue weighted by molar-refractivity contribution is -0.121. The lowest BCUT2D eigenvalue weighted by Crippen LogP contribution is -2.28. The minimum absolute atomic E-state index is 0.00563. The zero-order valence-corrected chi connectivity index (χ0v) is 15.5. The van der Waals surface area contributed by atoms with Crippen molar-refractivity contribution in [3.8, 4) is 5.69 Å². The molecule has 0 bridgehead atoms. The Morgan fingerprint density at radius 3 is 2.31 bits per heavy atom. The molecule has 0 aliphatic carbocycles. The molecule has 0 spiro atoms. The van der Waals surface area contributed by atoms with Crippen molar-refractivity contribution < 1.29 is 4.79 Å². The Hall–Kier alpha value is -2.88. The molecule has 1 aromatic carbocycles. The highest BCUT2D eigenvalue weighted by Crippen LogP contribution is 2.16. The molecule has 2 heterocycles. The third kappa shape index (κ3) is 4.39. The van der Waals surface area contributed by atoms with Crippen LogP contribution in [0.4, 0.5) is 0 Å². The molecule has 0 aliphatic heterocycles. The number of pyridine rings is 1. The number of rotatable bonds is 6. The summed E-state index contributed by atoms with van der Waals surface area (Å²) in [5.74, 6) is 0.504. The molecule has 1 atom stereocenters. The number of carbonyl (C=O) groups excluding carboxylic acids is 1. The van der Waals surface area contributed by atoms with Crippen molar-refractivity contribution in [2.45, 2.75) is 39.2 Å². The van der Waals surface area contributed by atoms with Crippen LogP contribution in [0.1, 0.15) is 49.6 Å². The van der Waals surface area contributed by atoms with Gasteiger partial charge in [0.25, 0.3) is 0 Å². The minimum Gasteiger partial charge on any atom is -0.348 e. The first-order valence-electron chi connectivity index (χ1n) is 9.00. The molecule has 4 heteroatoms. The predicted molar refractivity (Wildman–Crippen MR) is 104 cm³/mol. The van der Waals surface area contributed by atoms with Gasteiger partial charge in [0.2, 0.25) is 5.91 Å². The average molecular weight is 347 g/mol. The van der Waals surface area contributed by atoms with Gasteiger partial charge in [-0.15, -0.1) is 0 Å². The van der Waals surface area contributed by atoms with E-state index in [1.54, 1.807) is 0 Å². The van der Waals surface area contributed by atoms with Crippen molar-refractivity contribution >= 4 is 5.91 Å². The van der Waals surface area contributed by atoms with Gasteiger partial charge in [-0.1, -0.05) is 38.1 Å². The second-order valence-electron chi connectivity index (χ2n) is 6.89. The zero-order valence-electron chi connectivity index (χ0n) is 15.5. The molecule has 0 radical (unpaired) electrons. The first-order valence-corrected chi connectivity index (χ1v) is 9.00. The van der Waals surface area contributed by atoms with Gasteiger partial charge in [-0.05, 0) is 48.2 Å². The van der Waals surface area contributed by atoms with Gasteiger partial charge in [0, 0.05) is 12.4 Å². The van der Waals surface area contributed by atoms with Crippen LogP contribution in [0.3, 0.4) is 0 Å². The Labute approximate surface area is 154 Å². The monoisotopic (exact) mass is 347 g/mol. The van der Waals surface area contributed by atoms with E-state index in [1.807, 2.05) is 66.5 Å². The van der Waals surface area contributed by atoms with E-state index in [9.17, 15) is 4.79 Å². The van der Waals surface area contributed by atoms with Gasteiger partial charge < -0.3 is 9.88 Å². The number of nitrogens with zero attached hydrogens (tertiary/aromatic N) is 2. The largest absolute Gasteiger partial charge is 0.348 e. The summed E-state index contributed by atoms with van der Waals surface area (Å²) in [7, 11) is 0. The normalized spacial score (nSPS) is 12.2. The second-order valence-corrected chi connectivity index (χ2v) is 6.89. The van der Waals surface area contributed by atoms with Crippen molar-refractivity contribution in [3.63, 3.8) is 0 Å². The molecule has 1 unspecified atom stereocenters. The molecule has 0 fully saturated rings. The number of carbonyl (C=O) groups is 1. The van der Waals surface area contributed by atoms with E-state index in [0.29, 0.717) is 12.3 Å². The van der Waals surface area contributed by atoms with Crippen molar-refractivity contribution in [1.82, 2.24) is 14.9 Å². The molecule has 2 aromatic heterocycles. The summed E-state index contributed by atoms with van der Waals surface area (Å²) in [6.07, 6.45) is 6.16. The zero-order chi connectivity index (χ0) is 18.5. The fourth-order valence-electron chi connectivity index (χ4n) is 2.89. The number of hydrogen-bond acceptors (Lipinski definition) is 2. The summed E-state index contributed by atoms with van der Waals surface area (Å²) < 4.78 is 2.00. The summed E-state index contributed by atoms with van der Waals surface area (Å²) >= 11 is 0. The molecule has 4 nitrogen and oxygen atoms in total. The van der Waals surface area contributed by atoms with Gasteiger partial charge >= 0.3 is 0 Å². The van der Waals surface area contributed by atoms with Crippen LogP contribution in [0.15, 0.2) is 67.1 Å². The Kier molecular flexibility index (Phi) is 5.52. The third-order valence-electron chi connectivity index (χ3n) is 4.51. The van der Waals surface area contributed by atoms with Crippen LogP contribution in [0.2, 0.25) is 0 Å². The smallest absolute Gasteiger partial charge is 0.224 e. The quantitative estimate of drug-likeness (QED) is 0.718. The van der Waals surface area contributed by atoms with Crippen LogP contribution in [-0.2, 0) is 11.2 Å². The maximum Gasteiger partial charge on any atom is 0.224 e. The van der Waals surface area contributed by atoms with E-state index in [-0.39, 0.29) is 11.9 Å². The van der Waals surface area contributed by atoms with Crippen molar-refractivity contribution in [1.29, 1.82) is 0 Å². The predicted octanol–water partition coefficient (Wildman–Crippen LogP) is 4.42. The molecule has 26 heavy (non-hydrogen) atoms. The van der Waals surface area contributed by atoms with Gasteiger partial charge in [-0.3, -0.25) is 9.78 Å². The summed E-state index contributed by atoms with van der Waals surface area (Å²) in [6, 6.07) is 16.0. The van der Waals surface area contributed by atoms with Gasteiger partial charge in [-0.25, -0.2) is 0 Å². The minimum atomic E-state index is -0.129. The maximum absolute atomic E-state index is 12.3. The topological polar surface area (TPSA) is 46.9 Å². The fraction of sp³-hybridized carbons (Fsp3) is 0.273. The Balaban J connectivity index is 1.58. The van der Waals surface area contributed by atoms with Crippen LogP contribution in [0.25, 0.3) is 5.69 Å². The number of aromatic nitrogens is 2. The highest BCUT2D eigenvalue weighted by atomic mass is 16.1. The molecule has 1 amide bonds. The highest BCUT2D eigenvalue weighted by molar-refractivity contribution is 5.78. The maximum atomic E-state index is 12.3. The number of amides is 1. The molecular weight excluding hydrogens is 322 g/mol. The number of nitrogens with one attached hydrogen (secondary N) is 1. The Morgan fingerprint density at radius 1 is 1.04 bits per heavy atom. The fourth-order valence-corrected chi connectivity index (χ4v) is 2.89. The van der Waals surface area contributed by atoms with Crippen molar-refractivity contribution in [3.05, 3.63) is 83.9 Å². The number of hydrogen-bond donors (Lipinski definition) is 1. The third-order valence-corrected chi connectivity index (χ3v) is 4.51. The molecule has 0 saturated carbocycles. The van der Waals surface area contributed by atoms with Crippen LogP contribution < -0.4 is 5.32 Å². The molecule has 134 valence electrons. The summed E-state index contributed by atoms with van der Waals surface area (Å²) in [5.41, 5.74) is 4.16. The standard InChI is InChI=1S/C22H25N3O/c1-16(2)19-8-6-18(7-9-19)14-22(26)24-17(3)21-11-10-20(15-23-21)25-12-4-5-13-25/h4-13,15-17H,14H2,1-3H3,(H,24,26). The molecule has 3 aromatic rings. The van der Waals surface area contributed by atoms with Crippen molar-refractivity contribution in [2.24, 2.45) is 0 Å². The van der Waals surface area contributed by atoms with E-state index >= 15 is 0 Å². The summed E-state index contributed by atoms with van der Waals surface area (Å²) in [4.78, 5) is 16.8. The Bertz CT molecular complexity index is 834. The number of benzene rings is 1.